The minimum absolute atomic E-state index is 0.194. The Kier molecular flexibility index (Phi) is 3.03. The van der Waals surface area contributed by atoms with E-state index in [4.69, 9.17) is 10.1 Å². The number of benzene rings is 1. The zero-order valence-corrected chi connectivity index (χ0v) is 14.0. The summed E-state index contributed by atoms with van der Waals surface area (Å²) in [6.07, 6.45) is 3.42. The fourth-order valence-corrected chi connectivity index (χ4v) is 3.68. The van der Waals surface area contributed by atoms with Gasteiger partial charge in [0.25, 0.3) is 0 Å². The van der Waals surface area contributed by atoms with E-state index in [0.717, 1.165) is 41.4 Å². The minimum Gasteiger partial charge on any atom is -0.335 e. The van der Waals surface area contributed by atoms with E-state index in [1.165, 1.54) is 0 Å². The summed E-state index contributed by atoms with van der Waals surface area (Å²) in [7, 11) is 0. The quantitative estimate of drug-likeness (QED) is 0.562. The molecule has 2 aromatic heterocycles. The SMILES string of the molecule is Cc1ncn2c1Cn1nc(CN3CCCC3=O)nc1-c1ccccc1-2. The number of nitrogens with zero attached hydrogens (tertiary/aromatic N) is 6. The standard InChI is InChI=1S/C18H18N6O/c1-12-15-9-24-18(13-5-2-3-6-14(13)23(15)11-19-12)20-16(21-24)10-22-8-4-7-17(22)25/h2-3,5-6,11H,4,7-10H2,1H3. The number of carbonyl (C=O) groups excluding carboxylic acids is 1. The molecule has 0 saturated carbocycles. The van der Waals surface area contributed by atoms with Crippen LogP contribution in [0.15, 0.2) is 30.6 Å². The van der Waals surface area contributed by atoms with E-state index in [9.17, 15) is 4.79 Å². The van der Waals surface area contributed by atoms with Gasteiger partial charge in [0.15, 0.2) is 11.6 Å². The largest absolute Gasteiger partial charge is 0.335 e. The van der Waals surface area contributed by atoms with Crippen LogP contribution in [0, 0.1) is 6.92 Å². The lowest BCUT2D eigenvalue weighted by Gasteiger charge is -2.12. The summed E-state index contributed by atoms with van der Waals surface area (Å²) in [5, 5.41) is 4.70. The average molecular weight is 334 g/mol. The van der Waals surface area contributed by atoms with Crippen LogP contribution < -0.4 is 0 Å². The lowest BCUT2D eigenvalue weighted by Crippen LogP contribution is -2.24. The predicted octanol–water partition coefficient (Wildman–Crippen LogP) is 1.92. The van der Waals surface area contributed by atoms with Crippen molar-refractivity contribution in [1.82, 2.24) is 29.2 Å². The summed E-state index contributed by atoms with van der Waals surface area (Å²) in [6, 6.07) is 8.17. The van der Waals surface area contributed by atoms with Crippen molar-refractivity contribution >= 4 is 5.91 Å². The van der Waals surface area contributed by atoms with Crippen LogP contribution in [-0.4, -0.2) is 41.7 Å². The van der Waals surface area contributed by atoms with Gasteiger partial charge < -0.3 is 9.47 Å². The number of amides is 1. The Morgan fingerprint density at radius 1 is 1.24 bits per heavy atom. The van der Waals surface area contributed by atoms with E-state index in [2.05, 4.69) is 21.7 Å². The molecule has 2 aliphatic rings. The highest BCUT2D eigenvalue weighted by Gasteiger charge is 2.26. The maximum absolute atomic E-state index is 11.9. The summed E-state index contributed by atoms with van der Waals surface area (Å²) < 4.78 is 4.05. The third-order valence-corrected chi connectivity index (χ3v) is 5.00. The van der Waals surface area contributed by atoms with Crippen LogP contribution >= 0.6 is 0 Å². The van der Waals surface area contributed by atoms with Gasteiger partial charge in [-0.15, -0.1) is 0 Å². The molecule has 5 rings (SSSR count). The molecule has 1 amide bonds. The van der Waals surface area contributed by atoms with E-state index in [1.807, 2.05) is 35.0 Å². The molecule has 1 fully saturated rings. The van der Waals surface area contributed by atoms with E-state index in [0.29, 0.717) is 25.3 Å². The Labute approximate surface area is 144 Å². The van der Waals surface area contributed by atoms with Crippen LogP contribution in [0.1, 0.15) is 30.1 Å². The number of imidazole rings is 1. The highest BCUT2D eigenvalue weighted by atomic mass is 16.2. The van der Waals surface area contributed by atoms with Crippen molar-refractivity contribution in [2.75, 3.05) is 6.54 Å². The number of hydrogen-bond donors (Lipinski definition) is 0. The molecule has 2 aliphatic heterocycles. The van der Waals surface area contributed by atoms with Gasteiger partial charge in [0, 0.05) is 18.5 Å². The molecule has 126 valence electrons. The molecule has 0 spiro atoms. The second-order valence-corrected chi connectivity index (χ2v) is 6.59. The first-order valence-corrected chi connectivity index (χ1v) is 8.55. The molecule has 0 aliphatic carbocycles. The fourth-order valence-electron chi connectivity index (χ4n) is 3.68. The van der Waals surface area contributed by atoms with E-state index >= 15 is 0 Å². The fraction of sp³-hybridized carbons (Fsp3) is 0.333. The van der Waals surface area contributed by atoms with Crippen LogP contribution in [0.25, 0.3) is 17.1 Å². The number of rotatable bonds is 2. The molecule has 7 nitrogen and oxygen atoms in total. The van der Waals surface area contributed by atoms with Crippen molar-refractivity contribution in [1.29, 1.82) is 0 Å². The van der Waals surface area contributed by atoms with Crippen LogP contribution in [0.3, 0.4) is 0 Å². The summed E-state index contributed by atoms with van der Waals surface area (Å²) in [4.78, 5) is 23.0. The lowest BCUT2D eigenvalue weighted by atomic mass is 10.1. The van der Waals surface area contributed by atoms with Gasteiger partial charge in [-0.3, -0.25) is 4.79 Å². The minimum atomic E-state index is 0.194. The Bertz CT molecular complexity index is 985. The van der Waals surface area contributed by atoms with Crippen LogP contribution in [0.5, 0.6) is 0 Å². The van der Waals surface area contributed by atoms with Gasteiger partial charge >= 0.3 is 0 Å². The van der Waals surface area contributed by atoms with Gasteiger partial charge in [-0.05, 0) is 25.5 Å². The zero-order chi connectivity index (χ0) is 17.0. The topological polar surface area (TPSA) is 68.8 Å². The molecule has 0 N–H and O–H groups in total. The maximum atomic E-state index is 11.9. The number of carbonyl (C=O) groups is 1. The molecule has 0 atom stereocenters. The maximum Gasteiger partial charge on any atom is 0.223 e. The Morgan fingerprint density at radius 3 is 2.96 bits per heavy atom. The third kappa shape index (κ3) is 2.19. The van der Waals surface area contributed by atoms with Gasteiger partial charge in [0.05, 0.1) is 36.5 Å². The van der Waals surface area contributed by atoms with E-state index in [-0.39, 0.29) is 5.91 Å². The number of likely N-dealkylation sites (tertiary alicyclic amines) is 1. The van der Waals surface area contributed by atoms with Crippen molar-refractivity contribution in [3.63, 3.8) is 0 Å². The molecule has 25 heavy (non-hydrogen) atoms. The summed E-state index contributed by atoms with van der Waals surface area (Å²) >= 11 is 0. The molecule has 1 aromatic carbocycles. The van der Waals surface area contributed by atoms with Crippen molar-refractivity contribution in [3.8, 4) is 17.1 Å². The number of para-hydroxylation sites is 1. The molecule has 7 heteroatoms. The zero-order valence-electron chi connectivity index (χ0n) is 14.0. The summed E-state index contributed by atoms with van der Waals surface area (Å²) in [5.74, 6) is 1.74. The van der Waals surface area contributed by atoms with Crippen LogP contribution in [-0.2, 0) is 17.9 Å². The van der Waals surface area contributed by atoms with Gasteiger partial charge in [-0.1, -0.05) is 12.1 Å². The van der Waals surface area contributed by atoms with Crippen molar-refractivity contribution in [2.24, 2.45) is 0 Å². The van der Waals surface area contributed by atoms with Crippen molar-refractivity contribution in [2.45, 2.75) is 32.9 Å². The van der Waals surface area contributed by atoms with Crippen molar-refractivity contribution < 1.29 is 4.79 Å². The first-order chi connectivity index (χ1) is 12.2. The molecule has 0 unspecified atom stereocenters. The Balaban J connectivity index is 1.62. The number of aromatic nitrogens is 5. The molecule has 1 saturated heterocycles. The number of hydrogen-bond acceptors (Lipinski definition) is 4. The molecular weight excluding hydrogens is 316 g/mol. The second kappa shape index (κ2) is 5.27. The van der Waals surface area contributed by atoms with Gasteiger partial charge in [-0.25, -0.2) is 14.6 Å². The number of aryl methyl sites for hydroxylation is 1. The highest BCUT2D eigenvalue weighted by molar-refractivity contribution is 5.78. The highest BCUT2D eigenvalue weighted by Crippen LogP contribution is 2.31. The second-order valence-electron chi connectivity index (χ2n) is 6.59. The summed E-state index contributed by atoms with van der Waals surface area (Å²) in [6.45, 7) is 3.92. The average Bonchev–Trinajstić information content (AvgIpc) is 3.28. The lowest BCUT2D eigenvalue weighted by molar-refractivity contribution is -0.128. The van der Waals surface area contributed by atoms with Gasteiger partial charge in [-0.2, -0.15) is 5.10 Å². The van der Waals surface area contributed by atoms with Gasteiger partial charge in [0.1, 0.15) is 0 Å². The van der Waals surface area contributed by atoms with E-state index in [1.54, 1.807) is 0 Å². The van der Waals surface area contributed by atoms with Crippen LogP contribution in [0.4, 0.5) is 0 Å². The monoisotopic (exact) mass is 334 g/mol. The first-order valence-electron chi connectivity index (χ1n) is 8.55. The smallest absolute Gasteiger partial charge is 0.223 e. The van der Waals surface area contributed by atoms with Crippen molar-refractivity contribution in [3.05, 3.63) is 47.8 Å². The Morgan fingerprint density at radius 2 is 2.12 bits per heavy atom. The Hall–Kier alpha value is -2.96. The van der Waals surface area contributed by atoms with Gasteiger partial charge in [0.2, 0.25) is 5.91 Å². The number of fused-ring (bicyclic) bond motifs is 5. The molecule has 3 aromatic rings. The molecule has 4 heterocycles. The van der Waals surface area contributed by atoms with Crippen LogP contribution in [0.2, 0.25) is 0 Å². The van der Waals surface area contributed by atoms with E-state index < -0.39 is 0 Å². The normalized spacial score (nSPS) is 15.7. The molecule has 0 bridgehead atoms. The predicted molar refractivity (Wildman–Crippen MR) is 91.1 cm³/mol. The first kappa shape index (κ1) is 14.4. The third-order valence-electron chi connectivity index (χ3n) is 5.00. The summed E-state index contributed by atoms with van der Waals surface area (Å²) in [5.41, 5.74) is 4.20. The molecule has 0 radical (unpaired) electrons. The molecular formula is C18H18N6O.